The zero-order valence-corrected chi connectivity index (χ0v) is 12.4. The van der Waals surface area contributed by atoms with Crippen molar-refractivity contribution >= 4 is 33.2 Å². The average molecular weight is 330 g/mol. The lowest BCUT2D eigenvalue weighted by Crippen LogP contribution is -2.13. The number of hydrogen-bond donors (Lipinski definition) is 2. The van der Waals surface area contributed by atoms with Gasteiger partial charge in [-0.1, -0.05) is 6.07 Å². The second-order valence-corrected chi connectivity index (χ2v) is 5.21. The van der Waals surface area contributed by atoms with Crippen LogP contribution in [-0.4, -0.2) is 5.91 Å². The van der Waals surface area contributed by atoms with E-state index >= 15 is 0 Å². The maximum Gasteiger partial charge on any atom is 0.256 e. The summed E-state index contributed by atoms with van der Waals surface area (Å²) in [5.41, 5.74) is 8.44. The van der Waals surface area contributed by atoms with Crippen LogP contribution >= 0.6 is 15.9 Å². The van der Waals surface area contributed by atoms with Crippen molar-refractivity contribution in [3.63, 3.8) is 0 Å². The minimum atomic E-state index is -0.279. The first-order valence-corrected chi connectivity index (χ1v) is 6.67. The van der Waals surface area contributed by atoms with Crippen molar-refractivity contribution in [2.45, 2.75) is 6.92 Å². The van der Waals surface area contributed by atoms with E-state index in [1.807, 2.05) is 25.1 Å². The monoisotopic (exact) mass is 329 g/mol. The molecule has 0 radical (unpaired) electrons. The highest BCUT2D eigenvalue weighted by molar-refractivity contribution is 9.10. The van der Waals surface area contributed by atoms with E-state index in [9.17, 15) is 4.79 Å². The average Bonchev–Trinajstić information content (AvgIpc) is 2.40. The predicted molar refractivity (Wildman–Crippen MR) is 82.4 cm³/mol. The minimum Gasteiger partial charge on any atom is -0.399 e. The molecule has 4 nitrogen and oxygen atoms in total. The SMILES string of the molecule is Cc1ccc(C(=O)Nc2ccc(N)cc2C#N)c(Br)c1. The summed E-state index contributed by atoms with van der Waals surface area (Å²) in [6, 6.07) is 12.2. The lowest BCUT2D eigenvalue weighted by molar-refractivity contribution is 0.102. The van der Waals surface area contributed by atoms with E-state index < -0.39 is 0 Å². The number of nitriles is 1. The fourth-order valence-corrected chi connectivity index (χ4v) is 2.43. The molecule has 0 unspecified atom stereocenters. The molecule has 0 spiro atoms. The van der Waals surface area contributed by atoms with Crippen molar-refractivity contribution in [2.75, 3.05) is 11.1 Å². The third-order valence-electron chi connectivity index (χ3n) is 2.78. The van der Waals surface area contributed by atoms with E-state index in [1.165, 1.54) is 6.07 Å². The Morgan fingerprint density at radius 1 is 1.30 bits per heavy atom. The molecule has 5 heteroatoms. The summed E-state index contributed by atoms with van der Waals surface area (Å²) in [4.78, 5) is 12.2. The third kappa shape index (κ3) is 2.98. The van der Waals surface area contributed by atoms with Gasteiger partial charge in [0.25, 0.3) is 5.91 Å². The smallest absolute Gasteiger partial charge is 0.256 e. The largest absolute Gasteiger partial charge is 0.399 e. The lowest BCUT2D eigenvalue weighted by atomic mass is 10.1. The van der Waals surface area contributed by atoms with E-state index in [1.54, 1.807) is 18.2 Å². The first kappa shape index (κ1) is 14.1. The van der Waals surface area contributed by atoms with Crippen LogP contribution < -0.4 is 11.1 Å². The molecule has 0 aromatic heterocycles. The molecule has 3 N–H and O–H groups in total. The van der Waals surface area contributed by atoms with E-state index in [4.69, 9.17) is 11.0 Å². The molecule has 2 aromatic rings. The first-order valence-electron chi connectivity index (χ1n) is 5.88. The Labute approximate surface area is 125 Å². The zero-order valence-electron chi connectivity index (χ0n) is 10.8. The number of rotatable bonds is 2. The van der Waals surface area contributed by atoms with Gasteiger partial charge in [-0.25, -0.2) is 0 Å². The van der Waals surface area contributed by atoms with Crippen molar-refractivity contribution < 1.29 is 4.79 Å². The maximum absolute atomic E-state index is 12.2. The van der Waals surface area contributed by atoms with Gasteiger partial charge in [0.2, 0.25) is 0 Å². The fraction of sp³-hybridized carbons (Fsp3) is 0.0667. The normalized spacial score (nSPS) is 9.85. The van der Waals surface area contributed by atoms with Crippen molar-refractivity contribution in [3.05, 3.63) is 57.6 Å². The van der Waals surface area contributed by atoms with Gasteiger partial charge in [-0.15, -0.1) is 0 Å². The molecular formula is C15H12BrN3O. The Hall–Kier alpha value is -2.32. The standard InChI is InChI=1S/C15H12BrN3O/c1-9-2-4-12(13(16)6-9)15(20)19-14-5-3-11(18)7-10(14)8-17/h2-7H,18H2,1H3,(H,19,20). The second-order valence-electron chi connectivity index (χ2n) is 4.35. The molecule has 0 fully saturated rings. The molecule has 1 amide bonds. The van der Waals surface area contributed by atoms with Gasteiger partial charge in [-0.2, -0.15) is 5.26 Å². The van der Waals surface area contributed by atoms with Crippen LogP contribution in [0.2, 0.25) is 0 Å². The Balaban J connectivity index is 2.31. The molecule has 2 aromatic carbocycles. The van der Waals surface area contributed by atoms with Gasteiger partial charge in [0.1, 0.15) is 6.07 Å². The summed E-state index contributed by atoms with van der Waals surface area (Å²) in [5.74, 6) is -0.279. The van der Waals surface area contributed by atoms with Crippen LogP contribution in [0.15, 0.2) is 40.9 Å². The summed E-state index contributed by atoms with van der Waals surface area (Å²) in [7, 11) is 0. The van der Waals surface area contributed by atoms with Crippen molar-refractivity contribution in [3.8, 4) is 6.07 Å². The number of nitrogens with zero attached hydrogens (tertiary/aromatic N) is 1. The molecule has 100 valence electrons. The predicted octanol–water partition coefficient (Wildman–Crippen LogP) is 3.46. The molecule has 0 aliphatic carbocycles. The van der Waals surface area contributed by atoms with Crippen LogP contribution in [-0.2, 0) is 0 Å². The number of benzene rings is 2. The summed E-state index contributed by atoms with van der Waals surface area (Å²) in [6.07, 6.45) is 0. The topological polar surface area (TPSA) is 78.9 Å². The number of hydrogen-bond acceptors (Lipinski definition) is 3. The summed E-state index contributed by atoms with van der Waals surface area (Å²) in [5, 5.41) is 11.8. The van der Waals surface area contributed by atoms with Gasteiger partial charge in [0.15, 0.2) is 0 Å². The van der Waals surface area contributed by atoms with Crippen LogP contribution in [0.1, 0.15) is 21.5 Å². The molecule has 0 atom stereocenters. The molecule has 0 heterocycles. The van der Waals surface area contributed by atoms with Crippen molar-refractivity contribution in [1.29, 1.82) is 5.26 Å². The van der Waals surface area contributed by atoms with Crippen LogP contribution in [0.5, 0.6) is 0 Å². The van der Waals surface area contributed by atoms with E-state index in [0.717, 1.165) is 5.56 Å². The van der Waals surface area contributed by atoms with E-state index in [0.29, 0.717) is 27.0 Å². The van der Waals surface area contributed by atoms with Gasteiger partial charge in [0, 0.05) is 10.2 Å². The van der Waals surface area contributed by atoms with Crippen molar-refractivity contribution in [1.82, 2.24) is 0 Å². The number of anilines is 2. The van der Waals surface area contributed by atoms with Gasteiger partial charge >= 0.3 is 0 Å². The number of nitrogens with two attached hydrogens (primary N) is 1. The van der Waals surface area contributed by atoms with Crippen molar-refractivity contribution in [2.24, 2.45) is 0 Å². The molecule has 0 saturated carbocycles. The van der Waals surface area contributed by atoms with Crippen LogP contribution in [0.3, 0.4) is 0 Å². The number of halogens is 1. The molecule has 0 aliphatic heterocycles. The number of nitrogen functional groups attached to an aromatic ring is 1. The highest BCUT2D eigenvalue weighted by Gasteiger charge is 2.12. The van der Waals surface area contributed by atoms with Gasteiger partial charge in [-0.05, 0) is 58.7 Å². The van der Waals surface area contributed by atoms with Gasteiger partial charge in [0.05, 0.1) is 16.8 Å². The highest BCUT2D eigenvalue weighted by Crippen LogP contribution is 2.22. The molecule has 0 saturated heterocycles. The molecular weight excluding hydrogens is 318 g/mol. The quantitative estimate of drug-likeness (QED) is 0.828. The first-order chi connectivity index (χ1) is 9.51. The Morgan fingerprint density at radius 2 is 2.05 bits per heavy atom. The number of nitrogens with one attached hydrogen (secondary N) is 1. The Kier molecular flexibility index (Phi) is 4.06. The molecule has 0 bridgehead atoms. The maximum atomic E-state index is 12.2. The Bertz CT molecular complexity index is 720. The molecule has 20 heavy (non-hydrogen) atoms. The molecule has 0 aliphatic rings. The van der Waals surface area contributed by atoms with Crippen LogP contribution in [0, 0.1) is 18.3 Å². The summed E-state index contributed by atoms with van der Waals surface area (Å²) < 4.78 is 0.712. The van der Waals surface area contributed by atoms with Crippen LogP contribution in [0.25, 0.3) is 0 Å². The van der Waals surface area contributed by atoms with Gasteiger partial charge in [-0.3, -0.25) is 4.79 Å². The number of amides is 1. The Morgan fingerprint density at radius 3 is 2.70 bits per heavy atom. The van der Waals surface area contributed by atoms with E-state index in [-0.39, 0.29) is 5.91 Å². The number of aryl methyl sites for hydroxylation is 1. The minimum absolute atomic E-state index is 0.279. The van der Waals surface area contributed by atoms with E-state index in [2.05, 4.69) is 21.2 Å². The third-order valence-corrected chi connectivity index (χ3v) is 3.44. The second kappa shape index (κ2) is 5.76. The van der Waals surface area contributed by atoms with Gasteiger partial charge < -0.3 is 11.1 Å². The van der Waals surface area contributed by atoms with Crippen LogP contribution in [0.4, 0.5) is 11.4 Å². The fourth-order valence-electron chi connectivity index (χ4n) is 1.76. The number of carbonyl (C=O) groups is 1. The number of carbonyl (C=O) groups excluding carboxylic acids is 1. The molecule has 2 rings (SSSR count). The zero-order chi connectivity index (χ0) is 14.7. The summed E-state index contributed by atoms with van der Waals surface area (Å²) >= 11 is 3.36. The summed E-state index contributed by atoms with van der Waals surface area (Å²) in [6.45, 7) is 1.94. The lowest BCUT2D eigenvalue weighted by Gasteiger charge is -2.09. The highest BCUT2D eigenvalue weighted by atomic mass is 79.9.